The Labute approximate surface area is 120 Å². The third-order valence-electron chi connectivity index (χ3n) is 4.46. The molecule has 0 bridgehead atoms. The van der Waals surface area contributed by atoms with Crippen molar-refractivity contribution in [2.24, 2.45) is 11.3 Å². The highest BCUT2D eigenvalue weighted by Gasteiger charge is 2.38. The lowest BCUT2D eigenvalue weighted by atomic mass is 9.73. The summed E-state index contributed by atoms with van der Waals surface area (Å²) >= 11 is 1.81. The van der Waals surface area contributed by atoms with Gasteiger partial charge in [0.1, 0.15) is 0 Å². The first-order chi connectivity index (χ1) is 9.30. The number of thioether (sulfide) groups is 1. The average Bonchev–Trinajstić information content (AvgIpc) is 3.00. The molecule has 0 amide bonds. The fraction of sp³-hybridized carbons (Fsp3) is 0.625. The van der Waals surface area contributed by atoms with Gasteiger partial charge in [-0.3, -0.25) is 0 Å². The molecule has 1 saturated carbocycles. The van der Waals surface area contributed by atoms with Crippen molar-refractivity contribution in [3.05, 3.63) is 30.3 Å². The molecular weight excluding hydrogens is 256 g/mol. The molecule has 106 valence electrons. The van der Waals surface area contributed by atoms with E-state index in [4.69, 9.17) is 0 Å². The Morgan fingerprint density at radius 1 is 1.05 bits per heavy atom. The maximum Gasteiger partial charge on any atom is 0.0512 e. The zero-order valence-electron chi connectivity index (χ0n) is 11.4. The van der Waals surface area contributed by atoms with Crippen LogP contribution in [0.5, 0.6) is 0 Å². The van der Waals surface area contributed by atoms with Crippen molar-refractivity contribution in [1.82, 2.24) is 0 Å². The van der Waals surface area contributed by atoms with Crippen LogP contribution in [0.4, 0.5) is 0 Å². The Hall–Kier alpha value is -0.510. The third-order valence-corrected chi connectivity index (χ3v) is 5.48. The summed E-state index contributed by atoms with van der Waals surface area (Å²) in [5.74, 6) is 1.46. The van der Waals surface area contributed by atoms with Crippen LogP contribution in [0.3, 0.4) is 0 Å². The van der Waals surface area contributed by atoms with Crippen LogP contribution >= 0.6 is 11.8 Å². The molecule has 3 heteroatoms. The minimum absolute atomic E-state index is 0.115. The Balaban J connectivity index is 1.89. The number of hydrogen-bond donors (Lipinski definition) is 2. The van der Waals surface area contributed by atoms with Crippen molar-refractivity contribution in [2.75, 3.05) is 19.0 Å². The lowest BCUT2D eigenvalue weighted by Gasteiger charge is -2.36. The summed E-state index contributed by atoms with van der Waals surface area (Å²) in [4.78, 5) is 1.26. The highest BCUT2D eigenvalue weighted by atomic mass is 32.2. The van der Waals surface area contributed by atoms with Crippen molar-refractivity contribution in [3.8, 4) is 0 Å². The molecule has 19 heavy (non-hydrogen) atoms. The van der Waals surface area contributed by atoms with Gasteiger partial charge in [0.15, 0.2) is 0 Å². The second-order valence-electron chi connectivity index (χ2n) is 5.57. The first-order valence-electron chi connectivity index (χ1n) is 7.20. The Kier molecular flexibility index (Phi) is 5.74. The van der Waals surface area contributed by atoms with Gasteiger partial charge in [0, 0.05) is 10.3 Å². The maximum atomic E-state index is 9.76. The minimum atomic E-state index is -0.266. The maximum absolute atomic E-state index is 9.76. The van der Waals surface area contributed by atoms with Gasteiger partial charge in [-0.1, -0.05) is 31.0 Å². The van der Waals surface area contributed by atoms with Crippen molar-refractivity contribution in [2.45, 2.75) is 37.0 Å². The molecule has 1 fully saturated rings. The van der Waals surface area contributed by atoms with Crippen LogP contribution in [-0.4, -0.2) is 29.2 Å². The molecule has 2 N–H and O–H groups in total. The van der Waals surface area contributed by atoms with Crippen molar-refractivity contribution < 1.29 is 10.2 Å². The van der Waals surface area contributed by atoms with Crippen molar-refractivity contribution in [1.29, 1.82) is 0 Å². The van der Waals surface area contributed by atoms with Gasteiger partial charge in [-0.15, -0.1) is 11.8 Å². The molecule has 2 nitrogen and oxygen atoms in total. The van der Waals surface area contributed by atoms with Gasteiger partial charge in [-0.2, -0.15) is 0 Å². The summed E-state index contributed by atoms with van der Waals surface area (Å²) in [6.07, 6.45) is 5.72. The van der Waals surface area contributed by atoms with Crippen LogP contribution in [0, 0.1) is 11.3 Å². The molecule has 0 radical (unpaired) electrons. The quantitative estimate of drug-likeness (QED) is 0.753. The number of aliphatic hydroxyl groups excluding tert-OH is 2. The van der Waals surface area contributed by atoms with Crippen LogP contribution in [0.2, 0.25) is 0 Å². The molecule has 0 atom stereocenters. The van der Waals surface area contributed by atoms with Crippen LogP contribution in [0.25, 0.3) is 0 Å². The zero-order valence-corrected chi connectivity index (χ0v) is 12.2. The number of rotatable bonds is 7. The van der Waals surface area contributed by atoms with E-state index < -0.39 is 0 Å². The molecule has 1 aromatic carbocycles. The fourth-order valence-electron chi connectivity index (χ4n) is 3.10. The minimum Gasteiger partial charge on any atom is -0.396 e. The van der Waals surface area contributed by atoms with Crippen LogP contribution < -0.4 is 0 Å². The topological polar surface area (TPSA) is 40.5 Å². The van der Waals surface area contributed by atoms with Crippen LogP contribution in [-0.2, 0) is 0 Å². The standard InChI is InChI=1S/C16H24O2S/c17-12-16(13-18,14-6-4-5-7-14)10-11-19-15-8-2-1-3-9-15/h1-3,8-9,14,17-18H,4-7,10-13H2. The lowest BCUT2D eigenvalue weighted by molar-refractivity contribution is 0.00335. The summed E-state index contributed by atoms with van der Waals surface area (Å²) in [6.45, 7) is 0.229. The first kappa shape index (κ1) is 14.9. The summed E-state index contributed by atoms with van der Waals surface area (Å²) in [5.41, 5.74) is -0.266. The van der Waals surface area contributed by atoms with Gasteiger partial charge >= 0.3 is 0 Å². The molecule has 0 heterocycles. The van der Waals surface area contributed by atoms with E-state index in [1.807, 2.05) is 30.0 Å². The fourth-order valence-corrected chi connectivity index (χ4v) is 4.19. The van der Waals surface area contributed by atoms with Crippen LogP contribution in [0.15, 0.2) is 35.2 Å². The monoisotopic (exact) mass is 280 g/mol. The predicted octanol–water partition coefficient (Wildman–Crippen LogP) is 3.33. The Bertz CT molecular complexity index is 356. The van der Waals surface area contributed by atoms with Gasteiger partial charge in [-0.05, 0) is 43.1 Å². The van der Waals surface area contributed by atoms with Gasteiger partial charge in [0.25, 0.3) is 0 Å². The number of hydrogen-bond acceptors (Lipinski definition) is 3. The lowest BCUT2D eigenvalue weighted by Crippen LogP contribution is -2.37. The van der Waals surface area contributed by atoms with Crippen molar-refractivity contribution in [3.63, 3.8) is 0 Å². The predicted molar refractivity (Wildman–Crippen MR) is 80.3 cm³/mol. The Morgan fingerprint density at radius 2 is 1.68 bits per heavy atom. The molecule has 0 aromatic heterocycles. The van der Waals surface area contributed by atoms with Gasteiger partial charge in [0.05, 0.1) is 13.2 Å². The third kappa shape index (κ3) is 3.74. The molecule has 1 aromatic rings. The van der Waals surface area contributed by atoms with E-state index in [9.17, 15) is 10.2 Å². The van der Waals surface area contributed by atoms with E-state index in [0.29, 0.717) is 5.92 Å². The van der Waals surface area contributed by atoms with Gasteiger partial charge < -0.3 is 10.2 Å². The summed E-state index contributed by atoms with van der Waals surface area (Å²) in [6, 6.07) is 10.3. The number of aliphatic hydroxyl groups is 2. The molecule has 0 spiro atoms. The number of benzene rings is 1. The molecule has 1 aliphatic carbocycles. The first-order valence-corrected chi connectivity index (χ1v) is 8.19. The van der Waals surface area contributed by atoms with E-state index in [2.05, 4.69) is 12.1 Å². The van der Waals surface area contributed by atoms with E-state index in [-0.39, 0.29) is 18.6 Å². The Morgan fingerprint density at radius 3 is 2.26 bits per heavy atom. The van der Waals surface area contributed by atoms with E-state index >= 15 is 0 Å². The van der Waals surface area contributed by atoms with Gasteiger partial charge in [-0.25, -0.2) is 0 Å². The van der Waals surface area contributed by atoms with E-state index in [1.165, 1.54) is 17.7 Å². The van der Waals surface area contributed by atoms with E-state index in [0.717, 1.165) is 25.0 Å². The largest absolute Gasteiger partial charge is 0.396 e. The van der Waals surface area contributed by atoms with Crippen molar-refractivity contribution >= 4 is 11.8 Å². The average molecular weight is 280 g/mol. The molecule has 0 unspecified atom stereocenters. The summed E-state index contributed by atoms with van der Waals surface area (Å²) in [5, 5.41) is 19.5. The highest BCUT2D eigenvalue weighted by molar-refractivity contribution is 7.99. The molecule has 2 rings (SSSR count). The SMILES string of the molecule is OCC(CO)(CCSc1ccccc1)C1CCCC1. The molecular formula is C16H24O2S. The summed E-state index contributed by atoms with van der Waals surface area (Å²) in [7, 11) is 0. The van der Waals surface area contributed by atoms with E-state index in [1.54, 1.807) is 0 Å². The molecule has 1 aliphatic rings. The second kappa shape index (κ2) is 7.32. The molecule has 0 aliphatic heterocycles. The van der Waals surface area contributed by atoms with Crippen LogP contribution in [0.1, 0.15) is 32.1 Å². The zero-order chi connectivity index (χ0) is 13.6. The summed E-state index contributed by atoms with van der Waals surface area (Å²) < 4.78 is 0. The second-order valence-corrected chi connectivity index (χ2v) is 6.74. The highest BCUT2D eigenvalue weighted by Crippen LogP contribution is 2.42. The normalized spacial score (nSPS) is 16.9. The molecule has 0 saturated heterocycles. The van der Waals surface area contributed by atoms with Gasteiger partial charge in [0.2, 0.25) is 0 Å². The smallest absolute Gasteiger partial charge is 0.0512 e.